The van der Waals surface area contributed by atoms with Gasteiger partial charge in [0.1, 0.15) is 11.9 Å². The van der Waals surface area contributed by atoms with Crippen molar-refractivity contribution in [1.29, 1.82) is 0 Å². The summed E-state index contributed by atoms with van der Waals surface area (Å²) in [6, 6.07) is 8.15. The number of aromatic nitrogens is 2. The molecule has 0 N–H and O–H groups in total. The van der Waals surface area contributed by atoms with Crippen molar-refractivity contribution in [2.75, 3.05) is 19.7 Å². The second kappa shape index (κ2) is 6.59. The van der Waals surface area contributed by atoms with Gasteiger partial charge in [0.2, 0.25) is 0 Å². The molecule has 1 aromatic carbocycles. The number of carbonyl (C=O) groups is 1. The molecule has 0 radical (unpaired) electrons. The number of hydrogen-bond donors (Lipinski definition) is 0. The Kier molecular flexibility index (Phi) is 4.64. The van der Waals surface area contributed by atoms with Crippen molar-refractivity contribution in [2.24, 2.45) is 0 Å². The Morgan fingerprint density at radius 1 is 1.32 bits per heavy atom. The summed E-state index contributed by atoms with van der Waals surface area (Å²) in [7, 11) is 0. The molecule has 2 aromatic rings. The first-order valence-electron chi connectivity index (χ1n) is 8.49. The molecule has 25 heavy (non-hydrogen) atoms. The fraction of sp³-hybridized carbons (Fsp3) is 0.474. The Morgan fingerprint density at radius 2 is 2.08 bits per heavy atom. The van der Waals surface area contributed by atoms with Gasteiger partial charge in [0.25, 0.3) is 5.91 Å². The van der Waals surface area contributed by atoms with Crippen LogP contribution in [0.2, 0.25) is 0 Å². The van der Waals surface area contributed by atoms with Crippen LogP contribution >= 0.6 is 0 Å². The first-order chi connectivity index (χ1) is 11.8. The highest BCUT2D eigenvalue weighted by molar-refractivity contribution is 5.92. The SMILES string of the molecule is Cc1cc(C(=O)N2CCO[C@H](c3cccc(F)c3)C2)nn1C(C)(C)C. The average Bonchev–Trinajstić information content (AvgIpc) is 2.96. The number of nitrogens with zero attached hydrogens (tertiary/aromatic N) is 3. The number of hydrogen-bond acceptors (Lipinski definition) is 3. The molecule has 2 heterocycles. The van der Waals surface area contributed by atoms with Crippen LogP contribution in [0.3, 0.4) is 0 Å². The quantitative estimate of drug-likeness (QED) is 0.839. The second-order valence-electron chi connectivity index (χ2n) is 7.42. The van der Waals surface area contributed by atoms with Crippen LogP contribution in [-0.2, 0) is 10.3 Å². The zero-order valence-corrected chi connectivity index (χ0v) is 15.1. The van der Waals surface area contributed by atoms with Crippen molar-refractivity contribution < 1.29 is 13.9 Å². The normalized spacial score (nSPS) is 18.4. The Balaban J connectivity index is 1.78. The smallest absolute Gasteiger partial charge is 0.274 e. The van der Waals surface area contributed by atoms with Gasteiger partial charge in [0.15, 0.2) is 5.69 Å². The van der Waals surface area contributed by atoms with Gasteiger partial charge in [-0.15, -0.1) is 0 Å². The number of morpholine rings is 1. The van der Waals surface area contributed by atoms with Crippen LogP contribution in [0.1, 0.15) is 48.6 Å². The predicted molar refractivity (Wildman–Crippen MR) is 93.0 cm³/mol. The van der Waals surface area contributed by atoms with Crippen LogP contribution in [-0.4, -0.2) is 40.3 Å². The standard InChI is InChI=1S/C19H24FN3O2/c1-13-10-16(21-23(13)19(2,3)4)18(24)22-8-9-25-17(12-22)14-6-5-7-15(20)11-14/h5-7,10-11,17H,8-9,12H2,1-4H3/t17-/m0/s1. The molecular weight excluding hydrogens is 321 g/mol. The Labute approximate surface area is 147 Å². The number of ether oxygens (including phenoxy) is 1. The number of amides is 1. The lowest BCUT2D eigenvalue weighted by Gasteiger charge is -2.32. The fourth-order valence-corrected chi connectivity index (χ4v) is 3.16. The molecule has 3 rings (SSSR count). The van der Waals surface area contributed by atoms with Crippen molar-refractivity contribution in [3.63, 3.8) is 0 Å². The maximum absolute atomic E-state index is 13.5. The predicted octanol–water partition coefficient (Wildman–Crippen LogP) is 3.30. The van der Waals surface area contributed by atoms with Crippen molar-refractivity contribution in [3.8, 4) is 0 Å². The van der Waals surface area contributed by atoms with E-state index in [1.165, 1.54) is 12.1 Å². The summed E-state index contributed by atoms with van der Waals surface area (Å²) in [5.74, 6) is -0.417. The van der Waals surface area contributed by atoms with Gasteiger partial charge in [-0.25, -0.2) is 4.39 Å². The van der Waals surface area contributed by atoms with Crippen LogP contribution in [0.25, 0.3) is 0 Å². The maximum Gasteiger partial charge on any atom is 0.274 e. The van der Waals surface area contributed by atoms with Gasteiger partial charge in [-0.3, -0.25) is 9.48 Å². The largest absolute Gasteiger partial charge is 0.370 e. The summed E-state index contributed by atoms with van der Waals surface area (Å²) in [6.07, 6.45) is -0.320. The molecule has 5 nitrogen and oxygen atoms in total. The van der Waals surface area contributed by atoms with Gasteiger partial charge in [-0.05, 0) is 51.5 Å². The van der Waals surface area contributed by atoms with E-state index < -0.39 is 0 Å². The summed E-state index contributed by atoms with van der Waals surface area (Å²) in [5, 5.41) is 4.49. The molecule has 1 saturated heterocycles. The van der Waals surface area contributed by atoms with E-state index in [4.69, 9.17) is 4.74 Å². The van der Waals surface area contributed by atoms with E-state index in [2.05, 4.69) is 25.9 Å². The lowest BCUT2D eigenvalue weighted by atomic mass is 10.1. The molecule has 0 aliphatic carbocycles. The third kappa shape index (κ3) is 3.74. The van der Waals surface area contributed by atoms with E-state index in [1.807, 2.05) is 23.7 Å². The minimum atomic E-state index is -0.320. The summed E-state index contributed by atoms with van der Waals surface area (Å²) in [4.78, 5) is 14.6. The molecule has 0 saturated carbocycles. The summed E-state index contributed by atoms with van der Waals surface area (Å²) < 4.78 is 21.1. The van der Waals surface area contributed by atoms with Gasteiger partial charge >= 0.3 is 0 Å². The summed E-state index contributed by atoms with van der Waals surface area (Å²) in [5.41, 5.74) is 1.95. The number of carbonyl (C=O) groups excluding carboxylic acids is 1. The van der Waals surface area contributed by atoms with Crippen LogP contribution in [0, 0.1) is 12.7 Å². The van der Waals surface area contributed by atoms with Crippen molar-refractivity contribution in [3.05, 3.63) is 53.1 Å². The lowest BCUT2D eigenvalue weighted by molar-refractivity contribution is -0.0231. The molecule has 1 aliphatic heterocycles. The molecule has 1 fully saturated rings. The Hall–Kier alpha value is -2.21. The Bertz CT molecular complexity index is 779. The maximum atomic E-state index is 13.5. The minimum absolute atomic E-state index is 0.115. The van der Waals surface area contributed by atoms with E-state index in [-0.39, 0.29) is 23.4 Å². The average molecular weight is 345 g/mol. The fourth-order valence-electron chi connectivity index (χ4n) is 3.16. The molecule has 0 unspecified atom stereocenters. The number of rotatable bonds is 2. The van der Waals surface area contributed by atoms with Gasteiger partial charge in [0.05, 0.1) is 18.7 Å². The van der Waals surface area contributed by atoms with Crippen LogP contribution < -0.4 is 0 Å². The molecular formula is C19H24FN3O2. The van der Waals surface area contributed by atoms with E-state index in [0.29, 0.717) is 25.4 Å². The molecule has 6 heteroatoms. The first kappa shape index (κ1) is 17.6. The van der Waals surface area contributed by atoms with E-state index in [9.17, 15) is 9.18 Å². The molecule has 134 valence electrons. The third-order valence-electron chi connectivity index (χ3n) is 4.32. The second-order valence-corrected chi connectivity index (χ2v) is 7.42. The topological polar surface area (TPSA) is 47.4 Å². The monoisotopic (exact) mass is 345 g/mol. The van der Waals surface area contributed by atoms with E-state index in [1.54, 1.807) is 11.0 Å². The molecule has 1 aliphatic rings. The summed E-state index contributed by atoms with van der Waals surface area (Å²) >= 11 is 0. The van der Waals surface area contributed by atoms with Gasteiger partial charge in [-0.2, -0.15) is 5.10 Å². The van der Waals surface area contributed by atoms with Gasteiger partial charge < -0.3 is 9.64 Å². The number of benzene rings is 1. The molecule has 0 bridgehead atoms. The third-order valence-corrected chi connectivity index (χ3v) is 4.32. The molecule has 0 spiro atoms. The van der Waals surface area contributed by atoms with Crippen LogP contribution in [0.4, 0.5) is 4.39 Å². The Morgan fingerprint density at radius 3 is 2.72 bits per heavy atom. The van der Waals surface area contributed by atoms with Crippen molar-refractivity contribution >= 4 is 5.91 Å². The highest BCUT2D eigenvalue weighted by Gasteiger charge is 2.29. The van der Waals surface area contributed by atoms with Gasteiger partial charge in [-0.1, -0.05) is 12.1 Å². The van der Waals surface area contributed by atoms with E-state index >= 15 is 0 Å². The number of aryl methyl sites for hydroxylation is 1. The molecule has 1 amide bonds. The lowest BCUT2D eigenvalue weighted by Crippen LogP contribution is -2.42. The van der Waals surface area contributed by atoms with E-state index in [0.717, 1.165) is 11.3 Å². The van der Waals surface area contributed by atoms with Crippen LogP contribution in [0.15, 0.2) is 30.3 Å². The highest BCUT2D eigenvalue weighted by atomic mass is 19.1. The van der Waals surface area contributed by atoms with Crippen molar-refractivity contribution in [2.45, 2.75) is 39.3 Å². The molecule has 1 aromatic heterocycles. The van der Waals surface area contributed by atoms with Gasteiger partial charge in [0, 0.05) is 12.2 Å². The minimum Gasteiger partial charge on any atom is -0.370 e. The first-order valence-corrected chi connectivity index (χ1v) is 8.49. The number of halogens is 1. The van der Waals surface area contributed by atoms with Crippen molar-refractivity contribution in [1.82, 2.24) is 14.7 Å². The molecule has 1 atom stereocenters. The highest BCUT2D eigenvalue weighted by Crippen LogP contribution is 2.24. The zero-order chi connectivity index (χ0) is 18.2. The van der Waals surface area contributed by atoms with Crippen LogP contribution in [0.5, 0.6) is 0 Å². The summed E-state index contributed by atoms with van der Waals surface area (Å²) in [6.45, 7) is 9.42. The zero-order valence-electron chi connectivity index (χ0n) is 15.1.